The SMILES string of the molecule is COCCCNC(=O)Cc1nc(-c2ccc3c(c2)OCO3)oc1C. The standard InChI is InChI=1S/C17H20N2O5/c1-11-13(9-16(20)18-6-3-7-21-2)19-17(24-11)12-4-5-14-15(8-12)23-10-22-14/h4-5,8H,3,6-7,9-10H2,1-2H3,(H,18,20). The van der Waals surface area contributed by atoms with Crippen LogP contribution >= 0.6 is 0 Å². The van der Waals surface area contributed by atoms with E-state index in [1.807, 2.05) is 18.2 Å². The molecule has 0 aliphatic carbocycles. The van der Waals surface area contributed by atoms with Crippen LogP contribution in [0.5, 0.6) is 11.5 Å². The molecule has 0 bridgehead atoms. The number of hydrogen-bond donors (Lipinski definition) is 1. The number of nitrogens with zero attached hydrogens (tertiary/aromatic N) is 1. The number of rotatable bonds is 7. The van der Waals surface area contributed by atoms with Crippen LogP contribution in [0, 0.1) is 6.92 Å². The fraction of sp³-hybridized carbons (Fsp3) is 0.412. The molecular weight excluding hydrogens is 312 g/mol. The Bertz CT molecular complexity index is 726. The summed E-state index contributed by atoms with van der Waals surface area (Å²) in [6, 6.07) is 5.50. The van der Waals surface area contributed by atoms with Crippen LogP contribution in [0.3, 0.4) is 0 Å². The Labute approximate surface area is 139 Å². The number of amides is 1. The minimum Gasteiger partial charge on any atom is -0.454 e. The van der Waals surface area contributed by atoms with Gasteiger partial charge in [-0.1, -0.05) is 0 Å². The van der Waals surface area contributed by atoms with Gasteiger partial charge in [0.2, 0.25) is 18.6 Å². The van der Waals surface area contributed by atoms with Crippen molar-refractivity contribution in [3.63, 3.8) is 0 Å². The minimum absolute atomic E-state index is 0.0836. The molecule has 0 unspecified atom stereocenters. The van der Waals surface area contributed by atoms with Crippen molar-refractivity contribution in [1.29, 1.82) is 0 Å². The monoisotopic (exact) mass is 332 g/mol. The number of fused-ring (bicyclic) bond motifs is 1. The summed E-state index contributed by atoms with van der Waals surface area (Å²) in [5, 5.41) is 2.84. The summed E-state index contributed by atoms with van der Waals surface area (Å²) in [5.41, 5.74) is 1.42. The number of nitrogens with one attached hydrogen (secondary N) is 1. The first-order valence-corrected chi connectivity index (χ1v) is 7.79. The molecule has 0 radical (unpaired) electrons. The van der Waals surface area contributed by atoms with Crippen molar-refractivity contribution in [2.45, 2.75) is 19.8 Å². The predicted octanol–water partition coefficient (Wildman–Crippen LogP) is 2.07. The molecule has 128 valence electrons. The number of aryl methyl sites for hydroxylation is 1. The Kier molecular flexibility index (Phi) is 5.00. The van der Waals surface area contributed by atoms with Gasteiger partial charge in [-0.2, -0.15) is 0 Å². The highest BCUT2D eigenvalue weighted by Gasteiger charge is 2.18. The van der Waals surface area contributed by atoms with Crippen molar-refractivity contribution in [1.82, 2.24) is 10.3 Å². The van der Waals surface area contributed by atoms with Gasteiger partial charge in [0.15, 0.2) is 11.5 Å². The molecule has 1 aliphatic heterocycles. The zero-order valence-corrected chi connectivity index (χ0v) is 13.8. The smallest absolute Gasteiger partial charge is 0.231 e. The number of aromatic nitrogens is 1. The van der Waals surface area contributed by atoms with Crippen LogP contribution in [0.15, 0.2) is 22.6 Å². The Hall–Kier alpha value is -2.54. The first kappa shape index (κ1) is 16.3. The molecule has 0 atom stereocenters. The number of carbonyl (C=O) groups is 1. The number of carbonyl (C=O) groups excluding carboxylic acids is 1. The second kappa shape index (κ2) is 7.35. The number of hydrogen-bond acceptors (Lipinski definition) is 6. The van der Waals surface area contributed by atoms with Gasteiger partial charge in [0.1, 0.15) is 5.76 Å². The lowest BCUT2D eigenvalue weighted by molar-refractivity contribution is -0.120. The Balaban J connectivity index is 1.65. The second-order valence-electron chi connectivity index (χ2n) is 5.46. The summed E-state index contributed by atoms with van der Waals surface area (Å²) in [6.45, 7) is 3.23. The van der Waals surface area contributed by atoms with E-state index in [-0.39, 0.29) is 19.1 Å². The van der Waals surface area contributed by atoms with Crippen LogP contribution in [0.25, 0.3) is 11.5 Å². The van der Waals surface area contributed by atoms with Gasteiger partial charge < -0.3 is 23.9 Å². The van der Waals surface area contributed by atoms with E-state index in [0.717, 1.165) is 12.0 Å². The largest absolute Gasteiger partial charge is 0.454 e. The topological polar surface area (TPSA) is 82.8 Å². The normalized spacial score (nSPS) is 12.4. The summed E-state index contributed by atoms with van der Waals surface area (Å²) < 4.78 is 21.3. The highest BCUT2D eigenvalue weighted by molar-refractivity contribution is 5.78. The van der Waals surface area contributed by atoms with E-state index >= 15 is 0 Å². The molecule has 1 N–H and O–H groups in total. The van der Waals surface area contributed by atoms with Crippen molar-refractivity contribution < 1.29 is 23.4 Å². The molecule has 0 saturated heterocycles. The van der Waals surface area contributed by atoms with Crippen LogP contribution in [-0.4, -0.2) is 37.9 Å². The maximum Gasteiger partial charge on any atom is 0.231 e. The maximum absolute atomic E-state index is 12.0. The summed E-state index contributed by atoms with van der Waals surface area (Å²) in [7, 11) is 1.64. The van der Waals surface area contributed by atoms with Crippen LogP contribution in [0.1, 0.15) is 17.9 Å². The Morgan fingerprint density at radius 2 is 2.17 bits per heavy atom. The van der Waals surface area contributed by atoms with E-state index in [2.05, 4.69) is 10.3 Å². The molecule has 0 fully saturated rings. The molecule has 7 nitrogen and oxygen atoms in total. The van der Waals surface area contributed by atoms with E-state index in [4.69, 9.17) is 18.6 Å². The molecule has 3 rings (SSSR count). The Morgan fingerprint density at radius 3 is 3.00 bits per heavy atom. The highest BCUT2D eigenvalue weighted by atomic mass is 16.7. The zero-order chi connectivity index (χ0) is 16.9. The van der Waals surface area contributed by atoms with E-state index in [0.29, 0.717) is 42.0 Å². The van der Waals surface area contributed by atoms with E-state index in [1.54, 1.807) is 14.0 Å². The number of methoxy groups -OCH3 is 1. The van der Waals surface area contributed by atoms with Gasteiger partial charge in [-0.25, -0.2) is 4.98 Å². The van der Waals surface area contributed by atoms with Crippen molar-refractivity contribution in [2.24, 2.45) is 0 Å². The summed E-state index contributed by atoms with van der Waals surface area (Å²) in [5.74, 6) is 2.39. The summed E-state index contributed by atoms with van der Waals surface area (Å²) in [6.07, 6.45) is 0.968. The minimum atomic E-state index is -0.0836. The first-order chi connectivity index (χ1) is 11.7. The third-order valence-electron chi connectivity index (χ3n) is 3.69. The maximum atomic E-state index is 12.0. The lowest BCUT2D eigenvalue weighted by Gasteiger charge is -2.03. The van der Waals surface area contributed by atoms with Gasteiger partial charge in [0.05, 0.1) is 12.1 Å². The van der Waals surface area contributed by atoms with Crippen molar-refractivity contribution in [3.8, 4) is 23.0 Å². The molecular formula is C17H20N2O5. The molecule has 1 aromatic carbocycles. The fourth-order valence-corrected chi connectivity index (χ4v) is 2.40. The lowest BCUT2D eigenvalue weighted by atomic mass is 10.2. The molecule has 1 aromatic heterocycles. The van der Waals surface area contributed by atoms with Gasteiger partial charge in [0.25, 0.3) is 0 Å². The average Bonchev–Trinajstić information content (AvgIpc) is 3.18. The second-order valence-corrected chi connectivity index (χ2v) is 5.46. The molecule has 1 aliphatic rings. The van der Waals surface area contributed by atoms with Crippen LogP contribution < -0.4 is 14.8 Å². The molecule has 24 heavy (non-hydrogen) atoms. The third kappa shape index (κ3) is 3.68. The first-order valence-electron chi connectivity index (χ1n) is 7.79. The highest BCUT2D eigenvalue weighted by Crippen LogP contribution is 2.36. The molecule has 1 amide bonds. The summed E-state index contributed by atoms with van der Waals surface area (Å²) >= 11 is 0. The van der Waals surface area contributed by atoms with E-state index < -0.39 is 0 Å². The molecule has 0 saturated carbocycles. The van der Waals surface area contributed by atoms with Gasteiger partial charge in [-0.05, 0) is 31.5 Å². The Morgan fingerprint density at radius 1 is 1.33 bits per heavy atom. The number of ether oxygens (including phenoxy) is 3. The van der Waals surface area contributed by atoms with E-state index in [9.17, 15) is 4.79 Å². The van der Waals surface area contributed by atoms with Crippen LogP contribution in [0.4, 0.5) is 0 Å². The van der Waals surface area contributed by atoms with Gasteiger partial charge in [-0.15, -0.1) is 0 Å². The number of benzene rings is 1. The lowest BCUT2D eigenvalue weighted by Crippen LogP contribution is -2.27. The fourth-order valence-electron chi connectivity index (χ4n) is 2.40. The number of oxazole rings is 1. The summed E-state index contributed by atoms with van der Waals surface area (Å²) in [4.78, 5) is 16.4. The van der Waals surface area contributed by atoms with E-state index in [1.165, 1.54) is 0 Å². The molecule has 7 heteroatoms. The van der Waals surface area contributed by atoms with Gasteiger partial charge >= 0.3 is 0 Å². The van der Waals surface area contributed by atoms with Gasteiger partial charge in [-0.3, -0.25) is 4.79 Å². The molecule has 2 aromatic rings. The van der Waals surface area contributed by atoms with Crippen molar-refractivity contribution >= 4 is 5.91 Å². The van der Waals surface area contributed by atoms with Crippen LogP contribution in [-0.2, 0) is 16.0 Å². The third-order valence-corrected chi connectivity index (χ3v) is 3.69. The zero-order valence-electron chi connectivity index (χ0n) is 13.8. The van der Waals surface area contributed by atoms with Crippen molar-refractivity contribution in [3.05, 3.63) is 29.7 Å². The molecule has 2 heterocycles. The molecule has 0 spiro atoms. The average molecular weight is 332 g/mol. The van der Waals surface area contributed by atoms with Crippen LogP contribution in [0.2, 0.25) is 0 Å². The van der Waals surface area contributed by atoms with Crippen molar-refractivity contribution in [2.75, 3.05) is 27.1 Å². The van der Waals surface area contributed by atoms with Gasteiger partial charge in [0, 0.05) is 25.8 Å². The quantitative estimate of drug-likeness (QED) is 0.782. The predicted molar refractivity (Wildman–Crippen MR) is 86.0 cm³/mol.